The van der Waals surface area contributed by atoms with E-state index in [0.717, 1.165) is 18.0 Å². The molecule has 0 aliphatic carbocycles. The first-order chi connectivity index (χ1) is 7.83. The molecule has 2 heterocycles. The molecule has 2 saturated heterocycles. The van der Waals surface area contributed by atoms with Crippen LogP contribution < -0.4 is 0 Å². The Morgan fingerprint density at radius 1 is 1.06 bits per heavy atom. The smallest absolute Gasteiger partial charge is 0.0124 e. The second-order valence-electron chi connectivity index (χ2n) is 6.01. The molecule has 1 nitrogen and oxygen atoms in total. The van der Waals surface area contributed by atoms with Crippen LogP contribution in [0.2, 0.25) is 0 Å². The van der Waals surface area contributed by atoms with Crippen molar-refractivity contribution in [3.8, 4) is 0 Å². The number of piperidine rings is 2. The summed E-state index contributed by atoms with van der Waals surface area (Å²) < 4.78 is 0. The predicted octanol–water partition coefficient (Wildman–Crippen LogP) is 4.22. The third-order valence-corrected chi connectivity index (χ3v) is 4.81. The van der Waals surface area contributed by atoms with E-state index in [-0.39, 0.29) is 0 Å². The third-order valence-electron chi connectivity index (χ3n) is 4.81. The third kappa shape index (κ3) is 2.80. The quantitative estimate of drug-likeness (QED) is 0.645. The van der Waals surface area contributed by atoms with Crippen molar-refractivity contribution in [2.45, 2.75) is 83.7 Å². The Hall–Kier alpha value is -0.0400. The maximum Gasteiger partial charge on any atom is 0.0124 e. The monoisotopic (exact) mass is 223 g/mol. The van der Waals surface area contributed by atoms with E-state index in [1.54, 1.807) is 0 Å². The van der Waals surface area contributed by atoms with Gasteiger partial charge in [0, 0.05) is 12.1 Å². The van der Waals surface area contributed by atoms with Crippen molar-refractivity contribution < 1.29 is 0 Å². The minimum absolute atomic E-state index is 0.938. The van der Waals surface area contributed by atoms with Crippen LogP contribution in [0.4, 0.5) is 0 Å². The maximum absolute atomic E-state index is 2.88. The van der Waals surface area contributed by atoms with Crippen LogP contribution in [0.3, 0.4) is 0 Å². The molecule has 0 aromatic heterocycles. The molecule has 0 bridgehead atoms. The summed E-state index contributed by atoms with van der Waals surface area (Å²) in [5, 5.41) is 0. The topological polar surface area (TPSA) is 3.24 Å². The maximum atomic E-state index is 2.88. The van der Waals surface area contributed by atoms with E-state index in [2.05, 4.69) is 18.7 Å². The molecular formula is C15H29N. The Labute approximate surface area is 102 Å². The van der Waals surface area contributed by atoms with Gasteiger partial charge in [-0.2, -0.15) is 0 Å². The SMILES string of the molecule is CCCCCC1CCC(C)C2CCCCN12. The van der Waals surface area contributed by atoms with Crippen LogP contribution in [0.25, 0.3) is 0 Å². The molecule has 2 rings (SSSR count). The zero-order valence-corrected chi connectivity index (χ0v) is 11.3. The fourth-order valence-electron chi connectivity index (χ4n) is 3.80. The van der Waals surface area contributed by atoms with Crippen LogP contribution in [0.5, 0.6) is 0 Å². The molecule has 2 fully saturated rings. The van der Waals surface area contributed by atoms with Crippen LogP contribution in [-0.4, -0.2) is 23.5 Å². The van der Waals surface area contributed by atoms with E-state index in [1.807, 2.05) is 0 Å². The van der Waals surface area contributed by atoms with Gasteiger partial charge in [-0.25, -0.2) is 0 Å². The fraction of sp³-hybridized carbons (Fsp3) is 1.00. The molecule has 0 amide bonds. The lowest BCUT2D eigenvalue weighted by Crippen LogP contribution is -2.52. The van der Waals surface area contributed by atoms with Crippen LogP contribution in [0, 0.1) is 5.92 Å². The molecule has 0 radical (unpaired) electrons. The zero-order valence-electron chi connectivity index (χ0n) is 11.3. The van der Waals surface area contributed by atoms with Crippen LogP contribution in [0.15, 0.2) is 0 Å². The van der Waals surface area contributed by atoms with Gasteiger partial charge in [0.05, 0.1) is 0 Å². The molecule has 0 spiro atoms. The minimum atomic E-state index is 0.938. The number of unbranched alkanes of at least 4 members (excludes halogenated alkanes) is 2. The molecule has 3 atom stereocenters. The summed E-state index contributed by atoms with van der Waals surface area (Å²) in [7, 11) is 0. The van der Waals surface area contributed by atoms with Gasteiger partial charge in [-0.3, -0.25) is 4.90 Å². The summed E-state index contributed by atoms with van der Waals surface area (Å²) in [5.41, 5.74) is 0. The highest BCUT2D eigenvalue weighted by molar-refractivity contribution is 4.90. The summed E-state index contributed by atoms with van der Waals surface area (Å²) in [6.45, 7) is 6.18. The second-order valence-corrected chi connectivity index (χ2v) is 6.01. The first-order valence-corrected chi connectivity index (χ1v) is 7.58. The average molecular weight is 223 g/mol. The van der Waals surface area contributed by atoms with Crippen molar-refractivity contribution in [3.05, 3.63) is 0 Å². The molecule has 3 unspecified atom stereocenters. The molecule has 0 N–H and O–H groups in total. The Balaban J connectivity index is 1.87. The molecular weight excluding hydrogens is 194 g/mol. The molecule has 0 aromatic carbocycles. The van der Waals surface area contributed by atoms with Crippen LogP contribution in [0.1, 0.15) is 71.6 Å². The van der Waals surface area contributed by atoms with Crippen molar-refractivity contribution in [3.63, 3.8) is 0 Å². The molecule has 2 aliphatic rings. The number of hydrogen-bond donors (Lipinski definition) is 0. The number of hydrogen-bond acceptors (Lipinski definition) is 1. The normalized spacial score (nSPS) is 36.0. The Morgan fingerprint density at radius 3 is 2.75 bits per heavy atom. The molecule has 0 aromatic rings. The van der Waals surface area contributed by atoms with Gasteiger partial charge in [0.25, 0.3) is 0 Å². The van der Waals surface area contributed by atoms with Crippen molar-refractivity contribution in [1.29, 1.82) is 0 Å². The lowest BCUT2D eigenvalue weighted by molar-refractivity contribution is 0.0135. The first kappa shape index (κ1) is 12.4. The van der Waals surface area contributed by atoms with Gasteiger partial charge in [-0.05, 0) is 44.6 Å². The Kier molecular flexibility index (Phi) is 4.69. The zero-order chi connectivity index (χ0) is 11.4. The summed E-state index contributed by atoms with van der Waals surface area (Å²) >= 11 is 0. The highest BCUT2D eigenvalue weighted by Crippen LogP contribution is 2.35. The number of fused-ring (bicyclic) bond motifs is 1. The molecule has 94 valence electrons. The highest BCUT2D eigenvalue weighted by atomic mass is 15.2. The van der Waals surface area contributed by atoms with Gasteiger partial charge in [-0.15, -0.1) is 0 Å². The Morgan fingerprint density at radius 2 is 1.94 bits per heavy atom. The van der Waals surface area contributed by atoms with Gasteiger partial charge < -0.3 is 0 Å². The van der Waals surface area contributed by atoms with E-state index < -0.39 is 0 Å². The average Bonchev–Trinajstić information content (AvgIpc) is 2.33. The minimum Gasteiger partial charge on any atom is -0.297 e. The molecule has 0 saturated carbocycles. The van der Waals surface area contributed by atoms with Gasteiger partial charge in [-0.1, -0.05) is 39.5 Å². The Bertz CT molecular complexity index is 202. The summed E-state index contributed by atoms with van der Waals surface area (Å²) in [4.78, 5) is 2.88. The van der Waals surface area contributed by atoms with E-state index in [4.69, 9.17) is 0 Å². The van der Waals surface area contributed by atoms with Gasteiger partial charge in [0.2, 0.25) is 0 Å². The van der Waals surface area contributed by atoms with Crippen molar-refractivity contribution in [2.24, 2.45) is 5.92 Å². The lowest BCUT2D eigenvalue weighted by atomic mass is 9.80. The fourth-order valence-corrected chi connectivity index (χ4v) is 3.80. The summed E-state index contributed by atoms with van der Waals surface area (Å²) in [5.74, 6) is 0.961. The van der Waals surface area contributed by atoms with Crippen molar-refractivity contribution >= 4 is 0 Å². The standard InChI is InChI=1S/C15H29N/c1-3-4-5-8-14-11-10-13(2)15-9-6-7-12-16(14)15/h13-15H,3-12H2,1-2H3. The second kappa shape index (κ2) is 6.05. The first-order valence-electron chi connectivity index (χ1n) is 7.58. The molecule has 2 aliphatic heterocycles. The molecule has 16 heavy (non-hydrogen) atoms. The summed E-state index contributed by atoms with van der Waals surface area (Å²) in [6, 6.07) is 1.88. The van der Waals surface area contributed by atoms with E-state index in [0.29, 0.717) is 0 Å². The van der Waals surface area contributed by atoms with E-state index in [9.17, 15) is 0 Å². The van der Waals surface area contributed by atoms with Gasteiger partial charge in [0.15, 0.2) is 0 Å². The highest BCUT2D eigenvalue weighted by Gasteiger charge is 2.35. The lowest BCUT2D eigenvalue weighted by Gasteiger charge is -2.48. The van der Waals surface area contributed by atoms with E-state index in [1.165, 1.54) is 64.3 Å². The number of rotatable bonds is 4. The number of nitrogens with zero attached hydrogens (tertiary/aromatic N) is 1. The van der Waals surface area contributed by atoms with E-state index >= 15 is 0 Å². The van der Waals surface area contributed by atoms with Crippen LogP contribution in [-0.2, 0) is 0 Å². The largest absolute Gasteiger partial charge is 0.297 e. The van der Waals surface area contributed by atoms with Crippen molar-refractivity contribution in [1.82, 2.24) is 4.90 Å². The van der Waals surface area contributed by atoms with Crippen LogP contribution >= 0.6 is 0 Å². The molecule has 1 heteroatoms. The summed E-state index contributed by atoms with van der Waals surface area (Å²) in [6.07, 6.45) is 13.1. The van der Waals surface area contributed by atoms with Gasteiger partial charge in [0.1, 0.15) is 0 Å². The predicted molar refractivity (Wildman–Crippen MR) is 70.7 cm³/mol. The van der Waals surface area contributed by atoms with Crippen molar-refractivity contribution in [2.75, 3.05) is 6.54 Å². The van der Waals surface area contributed by atoms with Gasteiger partial charge >= 0.3 is 0 Å².